The average Bonchev–Trinajstić information content (AvgIpc) is 2.92. The van der Waals surface area contributed by atoms with E-state index < -0.39 is 37.6 Å². The van der Waals surface area contributed by atoms with Crippen LogP contribution in [-0.2, 0) is 26.0 Å². The average molecular weight is 600 g/mol. The number of hydrogen-bond acceptors (Lipinski definition) is 6. The lowest BCUT2D eigenvalue weighted by Crippen LogP contribution is -2.38. The number of sulfonamides is 1. The van der Waals surface area contributed by atoms with Crippen LogP contribution >= 0.6 is 11.8 Å². The van der Waals surface area contributed by atoms with Crippen LogP contribution in [0, 0.1) is 5.92 Å². The van der Waals surface area contributed by atoms with Gasteiger partial charge >= 0.3 is 12.1 Å². The summed E-state index contributed by atoms with van der Waals surface area (Å²) in [7, 11) is -7.86. The van der Waals surface area contributed by atoms with E-state index in [1.54, 1.807) is 6.07 Å². The zero-order chi connectivity index (χ0) is 28.4. The number of rotatable bonds is 8. The van der Waals surface area contributed by atoms with Gasteiger partial charge in [-0.2, -0.15) is 17.5 Å². The first-order chi connectivity index (χ1) is 18.3. The Morgan fingerprint density at radius 2 is 1.46 bits per heavy atom. The summed E-state index contributed by atoms with van der Waals surface area (Å²) in [6, 6.07) is 15.1. The van der Waals surface area contributed by atoms with Crippen LogP contribution in [0.4, 0.5) is 13.2 Å². The number of carbonyl (C=O) groups is 1. The Hall–Kier alpha value is -2.87. The summed E-state index contributed by atoms with van der Waals surface area (Å²) in [6.07, 6.45) is -3.86. The first kappa shape index (κ1) is 29.1. The fraction of sp³-hybridized carbons (Fsp3) is 0.269. The lowest BCUT2D eigenvalue weighted by atomic mass is 10.0. The van der Waals surface area contributed by atoms with Crippen molar-refractivity contribution in [3.8, 4) is 0 Å². The van der Waals surface area contributed by atoms with E-state index in [2.05, 4.69) is 0 Å². The van der Waals surface area contributed by atoms with Crippen molar-refractivity contribution in [2.45, 2.75) is 38.6 Å². The van der Waals surface area contributed by atoms with Crippen LogP contribution in [0.1, 0.15) is 28.8 Å². The third-order valence-electron chi connectivity index (χ3n) is 6.41. The summed E-state index contributed by atoms with van der Waals surface area (Å²) in [6.45, 7) is 0.311. The number of aromatic carboxylic acids is 1. The Morgan fingerprint density at radius 1 is 0.872 bits per heavy atom. The molecule has 0 radical (unpaired) electrons. The summed E-state index contributed by atoms with van der Waals surface area (Å²) < 4.78 is 94.2. The van der Waals surface area contributed by atoms with Crippen LogP contribution in [-0.4, -0.2) is 51.1 Å². The van der Waals surface area contributed by atoms with Crippen LogP contribution in [0.3, 0.4) is 0 Å². The molecule has 0 atom stereocenters. The van der Waals surface area contributed by atoms with Crippen LogP contribution in [0.2, 0.25) is 0 Å². The van der Waals surface area contributed by atoms with Crippen molar-refractivity contribution in [2.75, 3.05) is 18.8 Å². The summed E-state index contributed by atoms with van der Waals surface area (Å²) >= 11 is 0.907. The van der Waals surface area contributed by atoms with Gasteiger partial charge in [-0.3, -0.25) is 0 Å². The highest BCUT2D eigenvalue weighted by atomic mass is 32.2. The number of sulfone groups is 1. The molecule has 7 nitrogen and oxygen atoms in total. The lowest BCUT2D eigenvalue weighted by Gasteiger charge is -2.31. The maximum Gasteiger partial charge on any atom is 0.417 e. The molecular weight excluding hydrogens is 575 g/mol. The summed E-state index contributed by atoms with van der Waals surface area (Å²) in [5, 5.41) is 9.00. The van der Waals surface area contributed by atoms with Gasteiger partial charge in [0.05, 0.1) is 25.8 Å². The molecule has 3 aromatic rings. The van der Waals surface area contributed by atoms with Crippen molar-refractivity contribution < 1.29 is 39.9 Å². The molecule has 1 aliphatic rings. The van der Waals surface area contributed by atoms with E-state index in [4.69, 9.17) is 5.11 Å². The molecule has 4 rings (SSSR count). The van der Waals surface area contributed by atoms with Gasteiger partial charge in [-0.1, -0.05) is 18.2 Å². The zero-order valence-corrected chi connectivity index (χ0v) is 22.8. The SMILES string of the molecule is O=C(O)c1ccc(S(=O)(=O)N2CCC(CSc3cc(S(=O)(=O)c4ccccc4)ccc3C(F)(F)F)CC2)cc1. The molecule has 0 amide bonds. The molecule has 1 saturated heterocycles. The van der Waals surface area contributed by atoms with Crippen molar-refractivity contribution in [1.82, 2.24) is 4.31 Å². The Kier molecular flexibility index (Phi) is 8.45. The number of piperidine rings is 1. The second kappa shape index (κ2) is 11.3. The Labute approximate surface area is 228 Å². The smallest absolute Gasteiger partial charge is 0.417 e. The van der Waals surface area contributed by atoms with Gasteiger partial charge in [0.2, 0.25) is 19.9 Å². The number of benzene rings is 3. The molecular formula is C26H24F3NO6S3. The highest BCUT2D eigenvalue weighted by Crippen LogP contribution is 2.40. The standard InChI is InChI=1S/C26H24F3NO6S3/c27-26(28,29)23-11-10-22(38(33,34)20-4-2-1-3-5-20)16-24(23)37-17-18-12-14-30(15-13-18)39(35,36)21-8-6-19(7-9-21)25(31)32/h1-11,16,18H,12-15,17H2,(H,31,32). The fourth-order valence-corrected chi connectivity index (χ4v) is 8.35. The quantitative estimate of drug-likeness (QED) is 0.344. The maximum atomic E-state index is 13.7. The number of alkyl halides is 3. The monoisotopic (exact) mass is 599 g/mol. The van der Waals surface area contributed by atoms with Gasteiger partial charge in [-0.15, -0.1) is 11.8 Å². The van der Waals surface area contributed by atoms with Crippen LogP contribution in [0.5, 0.6) is 0 Å². The van der Waals surface area contributed by atoms with E-state index >= 15 is 0 Å². The van der Waals surface area contributed by atoms with E-state index in [-0.39, 0.29) is 49.9 Å². The molecule has 3 aromatic carbocycles. The van der Waals surface area contributed by atoms with Crippen molar-refractivity contribution >= 4 is 37.6 Å². The molecule has 0 saturated carbocycles. The van der Waals surface area contributed by atoms with Crippen LogP contribution in [0.25, 0.3) is 0 Å². The first-order valence-corrected chi connectivity index (χ1v) is 15.7. The van der Waals surface area contributed by atoms with E-state index in [9.17, 15) is 34.8 Å². The molecule has 0 aromatic heterocycles. The number of carboxylic acid groups (broad SMARTS) is 1. The second-order valence-corrected chi connectivity index (χ2v) is 13.9. The number of thioether (sulfide) groups is 1. The maximum absolute atomic E-state index is 13.7. The fourth-order valence-electron chi connectivity index (χ4n) is 4.20. The van der Waals surface area contributed by atoms with Gasteiger partial charge in [0.1, 0.15) is 0 Å². The van der Waals surface area contributed by atoms with Gasteiger partial charge in [-0.25, -0.2) is 21.6 Å². The summed E-state index contributed by atoms with van der Waals surface area (Å²) in [5.74, 6) is -1.01. The molecule has 1 aliphatic heterocycles. The Balaban J connectivity index is 1.46. The minimum atomic E-state index is -4.68. The summed E-state index contributed by atoms with van der Waals surface area (Å²) in [5.41, 5.74) is -0.965. The number of carboxylic acids is 1. The van der Waals surface area contributed by atoms with E-state index in [0.717, 1.165) is 30.0 Å². The molecule has 1 heterocycles. The van der Waals surface area contributed by atoms with Crippen molar-refractivity contribution in [3.63, 3.8) is 0 Å². The molecule has 1 N–H and O–H groups in total. The Bertz CT molecular complexity index is 1550. The third-order valence-corrected chi connectivity index (χ3v) is 11.4. The highest BCUT2D eigenvalue weighted by molar-refractivity contribution is 7.99. The minimum Gasteiger partial charge on any atom is -0.478 e. The van der Waals surface area contributed by atoms with Gasteiger partial charge in [0.25, 0.3) is 0 Å². The molecule has 0 aliphatic carbocycles. The van der Waals surface area contributed by atoms with E-state index in [1.807, 2.05) is 0 Å². The first-order valence-electron chi connectivity index (χ1n) is 11.8. The summed E-state index contributed by atoms with van der Waals surface area (Å²) in [4.78, 5) is 10.5. The van der Waals surface area contributed by atoms with Gasteiger partial charge < -0.3 is 5.11 Å². The Morgan fingerprint density at radius 3 is 2.03 bits per heavy atom. The third kappa shape index (κ3) is 6.48. The van der Waals surface area contributed by atoms with Gasteiger partial charge in [0.15, 0.2) is 0 Å². The largest absolute Gasteiger partial charge is 0.478 e. The number of halogens is 3. The molecule has 0 bridgehead atoms. The molecule has 13 heteroatoms. The molecule has 39 heavy (non-hydrogen) atoms. The van der Waals surface area contributed by atoms with E-state index in [1.165, 1.54) is 52.8 Å². The predicted octanol–water partition coefficient (Wildman–Crippen LogP) is 5.43. The van der Waals surface area contributed by atoms with Crippen LogP contribution < -0.4 is 0 Å². The zero-order valence-electron chi connectivity index (χ0n) is 20.3. The molecule has 0 spiro atoms. The van der Waals surface area contributed by atoms with Gasteiger partial charge in [0, 0.05) is 23.7 Å². The van der Waals surface area contributed by atoms with Crippen molar-refractivity contribution in [2.24, 2.45) is 5.92 Å². The lowest BCUT2D eigenvalue weighted by molar-refractivity contribution is -0.139. The molecule has 208 valence electrons. The van der Waals surface area contributed by atoms with Crippen LogP contribution in [0.15, 0.2) is 92.4 Å². The topological polar surface area (TPSA) is 109 Å². The van der Waals surface area contributed by atoms with Crippen molar-refractivity contribution in [3.05, 3.63) is 83.9 Å². The van der Waals surface area contributed by atoms with Crippen molar-refractivity contribution in [1.29, 1.82) is 0 Å². The predicted molar refractivity (Wildman–Crippen MR) is 139 cm³/mol. The second-order valence-electron chi connectivity index (χ2n) is 8.96. The highest BCUT2D eigenvalue weighted by Gasteiger charge is 2.35. The van der Waals surface area contributed by atoms with E-state index in [0.29, 0.717) is 12.8 Å². The molecule has 1 fully saturated rings. The normalized spacial score (nSPS) is 15.8. The number of nitrogens with zero attached hydrogens (tertiary/aromatic N) is 1. The minimum absolute atomic E-state index is 0.0214. The molecule has 0 unspecified atom stereocenters. The van der Waals surface area contributed by atoms with Gasteiger partial charge in [-0.05, 0) is 73.4 Å². The number of hydrogen-bond donors (Lipinski definition) is 1.